The highest BCUT2D eigenvalue weighted by molar-refractivity contribution is 5.23. The van der Waals surface area contributed by atoms with E-state index in [1.54, 1.807) is 32.2 Å². The Hall–Kier alpha value is -0.930. The zero-order valence-corrected chi connectivity index (χ0v) is 11.0. The van der Waals surface area contributed by atoms with Crippen molar-refractivity contribution in [1.82, 2.24) is 0 Å². The molecule has 0 saturated carbocycles. The smallest absolute Gasteiger partial charge is 0.129 e. The Morgan fingerprint density at radius 1 is 1.18 bits per heavy atom. The largest absolute Gasteiger partial charge is 0.385 e. The van der Waals surface area contributed by atoms with Crippen LogP contribution in [-0.2, 0) is 10.3 Å². The third-order valence-electron chi connectivity index (χ3n) is 3.22. The van der Waals surface area contributed by atoms with Gasteiger partial charge in [-0.2, -0.15) is 0 Å². The topological polar surface area (TPSA) is 29.5 Å². The first-order valence-electron chi connectivity index (χ1n) is 5.81. The molecule has 1 aromatic carbocycles. The molecule has 1 N–H and O–H groups in total. The second-order valence-electron chi connectivity index (χ2n) is 5.22. The van der Waals surface area contributed by atoms with Crippen molar-refractivity contribution in [2.24, 2.45) is 0 Å². The van der Waals surface area contributed by atoms with Gasteiger partial charge in [0.25, 0.3) is 0 Å². The highest BCUT2D eigenvalue weighted by Crippen LogP contribution is 2.31. The lowest BCUT2D eigenvalue weighted by Crippen LogP contribution is -2.29. The second kappa shape index (κ2) is 5.15. The highest BCUT2D eigenvalue weighted by atomic mass is 19.1. The van der Waals surface area contributed by atoms with E-state index in [2.05, 4.69) is 0 Å². The predicted molar refractivity (Wildman–Crippen MR) is 66.3 cm³/mol. The number of halogens is 1. The van der Waals surface area contributed by atoms with Crippen molar-refractivity contribution in [2.75, 3.05) is 7.11 Å². The molecule has 0 spiro atoms. The molecule has 0 fully saturated rings. The fraction of sp³-hybridized carbons (Fsp3) is 0.571. The number of benzene rings is 1. The molecule has 0 radical (unpaired) electrons. The number of methoxy groups -OCH3 is 1. The molecule has 0 bridgehead atoms. The molecule has 96 valence electrons. The van der Waals surface area contributed by atoms with E-state index in [0.29, 0.717) is 18.4 Å². The molecule has 2 nitrogen and oxygen atoms in total. The fourth-order valence-electron chi connectivity index (χ4n) is 1.68. The van der Waals surface area contributed by atoms with Crippen LogP contribution in [0.2, 0.25) is 0 Å². The van der Waals surface area contributed by atoms with Gasteiger partial charge in [-0.15, -0.1) is 0 Å². The van der Waals surface area contributed by atoms with Crippen molar-refractivity contribution < 1.29 is 14.2 Å². The van der Waals surface area contributed by atoms with Crippen LogP contribution in [-0.4, -0.2) is 17.8 Å². The quantitative estimate of drug-likeness (QED) is 0.856. The van der Waals surface area contributed by atoms with Crippen molar-refractivity contribution in [3.05, 3.63) is 35.6 Å². The van der Waals surface area contributed by atoms with Gasteiger partial charge >= 0.3 is 0 Å². The van der Waals surface area contributed by atoms with Crippen LogP contribution in [0.1, 0.15) is 39.2 Å². The summed E-state index contributed by atoms with van der Waals surface area (Å²) in [7, 11) is 1.64. The summed E-state index contributed by atoms with van der Waals surface area (Å²) in [6.45, 7) is 5.53. The molecular formula is C14H21FO2. The molecule has 1 rings (SSSR count). The second-order valence-corrected chi connectivity index (χ2v) is 5.22. The first-order chi connectivity index (χ1) is 7.78. The zero-order chi connectivity index (χ0) is 13.1. The lowest BCUT2D eigenvalue weighted by Gasteiger charge is -2.30. The van der Waals surface area contributed by atoms with Crippen LogP contribution in [0.4, 0.5) is 4.39 Å². The van der Waals surface area contributed by atoms with Crippen molar-refractivity contribution in [3.8, 4) is 0 Å². The minimum absolute atomic E-state index is 0.310. The maximum Gasteiger partial charge on any atom is 0.129 e. The zero-order valence-electron chi connectivity index (χ0n) is 11.0. The van der Waals surface area contributed by atoms with Crippen LogP contribution in [0.3, 0.4) is 0 Å². The Bertz CT molecular complexity index is 372. The minimum Gasteiger partial charge on any atom is -0.385 e. The van der Waals surface area contributed by atoms with Gasteiger partial charge in [0.1, 0.15) is 5.82 Å². The Morgan fingerprint density at radius 2 is 1.76 bits per heavy atom. The van der Waals surface area contributed by atoms with E-state index in [1.807, 2.05) is 13.8 Å². The van der Waals surface area contributed by atoms with Crippen LogP contribution in [0.15, 0.2) is 24.3 Å². The molecular weight excluding hydrogens is 219 g/mol. The summed E-state index contributed by atoms with van der Waals surface area (Å²) in [5, 5.41) is 10.3. The molecule has 0 aliphatic heterocycles. The van der Waals surface area contributed by atoms with Crippen molar-refractivity contribution in [3.63, 3.8) is 0 Å². The molecule has 0 aliphatic rings. The first kappa shape index (κ1) is 14.1. The van der Waals surface area contributed by atoms with E-state index in [9.17, 15) is 9.50 Å². The summed E-state index contributed by atoms with van der Waals surface area (Å²) < 4.78 is 18.9. The number of aliphatic hydroxyl groups is 1. The van der Waals surface area contributed by atoms with Crippen LogP contribution in [0.25, 0.3) is 0 Å². The summed E-state index contributed by atoms with van der Waals surface area (Å²) in [4.78, 5) is 0. The predicted octanol–water partition coefficient (Wildman–Crippen LogP) is 3.24. The SMILES string of the molecule is COC(C)(C)CCC(C)(O)c1ccccc1F. The fourth-order valence-corrected chi connectivity index (χ4v) is 1.68. The summed E-state index contributed by atoms with van der Waals surface area (Å²) in [5.74, 6) is -0.368. The maximum atomic E-state index is 13.6. The standard InChI is InChI=1S/C14H21FO2/c1-13(2,17-4)9-10-14(3,16)11-7-5-6-8-12(11)15/h5-8,16H,9-10H2,1-4H3. The highest BCUT2D eigenvalue weighted by Gasteiger charge is 2.29. The Kier molecular flexibility index (Phi) is 4.28. The summed E-state index contributed by atoms with van der Waals surface area (Å²) in [6.07, 6.45) is 1.11. The number of rotatable bonds is 5. The van der Waals surface area contributed by atoms with E-state index in [-0.39, 0.29) is 11.4 Å². The number of hydrogen-bond acceptors (Lipinski definition) is 2. The average molecular weight is 240 g/mol. The van der Waals surface area contributed by atoms with Gasteiger partial charge in [0, 0.05) is 12.7 Å². The Morgan fingerprint density at radius 3 is 2.29 bits per heavy atom. The van der Waals surface area contributed by atoms with E-state index in [4.69, 9.17) is 4.74 Å². The van der Waals surface area contributed by atoms with Crippen LogP contribution in [0, 0.1) is 5.82 Å². The van der Waals surface area contributed by atoms with Gasteiger partial charge in [0.2, 0.25) is 0 Å². The average Bonchev–Trinajstić information content (AvgIpc) is 2.27. The van der Waals surface area contributed by atoms with E-state index in [1.165, 1.54) is 6.07 Å². The van der Waals surface area contributed by atoms with Gasteiger partial charge in [-0.1, -0.05) is 18.2 Å². The third-order valence-corrected chi connectivity index (χ3v) is 3.22. The van der Waals surface area contributed by atoms with Crippen molar-refractivity contribution >= 4 is 0 Å². The van der Waals surface area contributed by atoms with Gasteiger partial charge in [0.05, 0.1) is 11.2 Å². The van der Waals surface area contributed by atoms with Crippen LogP contribution >= 0.6 is 0 Å². The lowest BCUT2D eigenvalue weighted by molar-refractivity contribution is -0.0223. The first-order valence-corrected chi connectivity index (χ1v) is 5.81. The number of hydrogen-bond donors (Lipinski definition) is 1. The number of ether oxygens (including phenoxy) is 1. The molecule has 3 heteroatoms. The molecule has 0 saturated heterocycles. The van der Waals surface area contributed by atoms with Gasteiger partial charge < -0.3 is 9.84 Å². The summed E-state index contributed by atoms with van der Waals surface area (Å²) in [6, 6.07) is 6.34. The van der Waals surface area contributed by atoms with Gasteiger partial charge in [-0.3, -0.25) is 0 Å². The van der Waals surface area contributed by atoms with E-state index >= 15 is 0 Å². The van der Waals surface area contributed by atoms with E-state index < -0.39 is 5.60 Å². The molecule has 1 unspecified atom stereocenters. The maximum absolute atomic E-state index is 13.6. The monoisotopic (exact) mass is 240 g/mol. The lowest BCUT2D eigenvalue weighted by atomic mass is 9.87. The molecule has 0 amide bonds. The Balaban J connectivity index is 2.79. The van der Waals surface area contributed by atoms with Crippen LogP contribution < -0.4 is 0 Å². The molecule has 0 heterocycles. The summed E-state index contributed by atoms with van der Waals surface area (Å²) in [5.41, 5.74) is -1.14. The van der Waals surface area contributed by atoms with E-state index in [0.717, 1.165) is 0 Å². The summed E-state index contributed by atoms with van der Waals surface area (Å²) >= 11 is 0. The van der Waals surface area contributed by atoms with Gasteiger partial charge in [-0.05, 0) is 39.7 Å². The minimum atomic E-state index is -1.17. The molecule has 0 aromatic heterocycles. The van der Waals surface area contributed by atoms with Crippen LogP contribution in [0.5, 0.6) is 0 Å². The molecule has 1 aromatic rings. The Labute approximate surface area is 102 Å². The molecule has 0 aliphatic carbocycles. The van der Waals surface area contributed by atoms with Gasteiger partial charge in [0.15, 0.2) is 0 Å². The van der Waals surface area contributed by atoms with Crippen molar-refractivity contribution in [1.29, 1.82) is 0 Å². The molecule has 1 atom stereocenters. The third kappa shape index (κ3) is 3.79. The van der Waals surface area contributed by atoms with Crippen molar-refractivity contribution in [2.45, 2.75) is 44.8 Å². The normalized spacial score (nSPS) is 15.6. The van der Waals surface area contributed by atoms with Gasteiger partial charge in [-0.25, -0.2) is 4.39 Å². The molecule has 17 heavy (non-hydrogen) atoms.